The Hall–Kier alpha value is -3.00. The molecule has 2 amide bonds. The molecule has 1 fully saturated rings. The van der Waals surface area contributed by atoms with Crippen molar-refractivity contribution in [1.82, 2.24) is 15.1 Å². The summed E-state index contributed by atoms with van der Waals surface area (Å²) in [5.74, 6) is -0.575. The van der Waals surface area contributed by atoms with Crippen LogP contribution < -0.4 is 10.9 Å². The first-order valence-electron chi connectivity index (χ1n) is 7.91. The van der Waals surface area contributed by atoms with E-state index in [0.29, 0.717) is 30.9 Å². The molecule has 0 radical (unpaired) electrons. The van der Waals surface area contributed by atoms with Crippen molar-refractivity contribution in [2.75, 3.05) is 25.0 Å². The molecule has 1 aliphatic heterocycles. The molecule has 2 heterocycles. The van der Waals surface area contributed by atoms with Gasteiger partial charge in [-0.15, -0.1) is 0 Å². The first-order chi connectivity index (χ1) is 12.0. The fourth-order valence-electron chi connectivity index (χ4n) is 2.58. The molecule has 1 atom stereocenters. The van der Waals surface area contributed by atoms with Gasteiger partial charge in [0.25, 0.3) is 17.4 Å². The molecule has 130 valence electrons. The van der Waals surface area contributed by atoms with Crippen molar-refractivity contribution in [3.8, 4) is 0 Å². The summed E-state index contributed by atoms with van der Waals surface area (Å²) < 4.78 is 5.44. The van der Waals surface area contributed by atoms with Crippen LogP contribution in [0, 0.1) is 0 Å². The number of carbonyl (C=O) groups excluding carboxylic acids is 2. The van der Waals surface area contributed by atoms with Crippen molar-refractivity contribution in [3.05, 3.63) is 58.0 Å². The van der Waals surface area contributed by atoms with Gasteiger partial charge in [0.15, 0.2) is 0 Å². The molecule has 1 aromatic heterocycles. The van der Waals surface area contributed by atoms with Crippen molar-refractivity contribution < 1.29 is 14.3 Å². The van der Waals surface area contributed by atoms with Crippen LogP contribution in [0.15, 0.2) is 41.2 Å². The zero-order chi connectivity index (χ0) is 17.8. The van der Waals surface area contributed by atoms with Crippen LogP contribution >= 0.6 is 0 Å². The number of nitrogens with one attached hydrogen (secondary N) is 2. The van der Waals surface area contributed by atoms with Gasteiger partial charge in [-0.05, 0) is 31.2 Å². The summed E-state index contributed by atoms with van der Waals surface area (Å²) in [4.78, 5) is 37.5. The number of carbonyl (C=O) groups is 2. The van der Waals surface area contributed by atoms with Crippen molar-refractivity contribution in [2.45, 2.75) is 13.0 Å². The Balaban J connectivity index is 1.72. The predicted molar refractivity (Wildman–Crippen MR) is 90.6 cm³/mol. The van der Waals surface area contributed by atoms with Crippen LogP contribution in [0.1, 0.15) is 27.8 Å². The summed E-state index contributed by atoms with van der Waals surface area (Å²) in [5.41, 5.74) is 0.661. The van der Waals surface area contributed by atoms with Crippen LogP contribution in [0.2, 0.25) is 0 Å². The van der Waals surface area contributed by atoms with Gasteiger partial charge < -0.3 is 15.0 Å². The molecule has 0 spiro atoms. The maximum absolute atomic E-state index is 12.6. The first kappa shape index (κ1) is 16.8. The molecule has 3 rings (SSSR count). The van der Waals surface area contributed by atoms with E-state index in [1.54, 1.807) is 29.2 Å². The van der Waals surface area contributed by atoms with E-state index in [1.807, 2.05) is 6.92 Å². The number of amides is 2. The zero-order valence-corrected chi connectivity index (χ0v) is 13.7. The fraction of sp³-hybridized carbons (Fsp3) is 0.294. The third-order valence-electron chi connectivity index (χ3n) is 3.81. The topological polar surface area (TPSA) is 104 Å². The predicted octanol–water partition coefficient (Wildman–Crippen LogP) is 0.883. The molecule has 0 bridgehead atoms. The maximum Gasteiger partial charge on any atom is 0.276 e. The van der Waals surface area contributed by atoms with Gasteiger partial charge in [-0.25, -0.2) is 5.10 Å². The summed E-state index contributed by atoms with van der Waals surface area (Å²) in [7, 11) is 0. The number of rotatable bonds is 3. The second kappa shape index (κ2) is 7.27. The number of hydrogen-bond acceptors (Lipinski definition) is 5. The van der Waals surface area contributed by atoms with Gasteiger partial charge in [-0.3, -0.25) is 14.4 Å². The van der Waals surface area contributed by atoms with Crippen molar-refractivity contribution in [3.63, 3.8) is 0 Å². The average molecular weight is 342 g/mol. The molecule has 0 aliphatic carbocycles. The molecule has 8 heteroatoms. The Morgan fingerprint density at radius 1 is 1.32 bits per heavy atom. The molecule has 1 saturated heterocycles. The standard InChI is InChI=1S/C17H18N4O4/c1-11-10-21(7-8-25-11)17(24)12-3-2-4-13(9-12)18-16(23)14-5-6-15(22)20-19-14/h2-6,9,11H,7-8,10H2,1H3,(H,18,23)(H,20,22). The minimum Gasteiger partial charge on any atom is -0.375 e. The minimum atomic E-state index is -0.471. The number of benzene rings is 1. The van der Waals surface area contributed by atoms with E-state index < -0.39 is 5.91 Å². The molecular weight excluding hydrogens is 324 g/mol. The highest BCUT2D eigenvalue weighted by molar-refractivity contribution is 6.03. The maximum atomic E-state index is 12.6. The number of anilines is 1. The van der Waals surface area contributed by atoms with E-state index >= 15 is 0 Å². The van der Waals surface area contributed by atoms with Gasteiger partial charge in [-0.1, -0.05) is 6.07 Å². The number of hydrogen-bond donors (Lipinski definition) is 2. The largest absolute Gasteiger partial charge is 0.375 e. The van der Waals surface area contributed by atoms with Gasteiger partial charge in [0.05, 0.1) is 12.7 Å². The van der Waals surface area contributed by atoms with E-state index in [-0.39, 0.29) is 23.3 Å². The van der Waals surface area contributed by atoms with Crippen LogP contribution in [-0.2, 0) is 4.74 Å². The quantitative estimate of drug-likeness (QED) is 0.862. The Labute approximate surface area is 143 Å². The molecule has 2 aromatic rings. The van der Waals surface area contributed by atoms with E-state index in [2.05, 4.69) is 15.5 Å². The van der Waals surface area contributed by atoms with Crippen LogP contribution in [0.5, 0.6) is 0 Å². The van der Waals surface area contributed by atoms with Gasteiger partial charge in [0.2, 0.25) is 0 Å². The number of aromatic nitrogens is 2. The van der Waals surface area contributed by atoms with E-state index in [1.165, 1.54) is 12.1 Å². The molecule has 0 saturated carbocycles. The molecule has 1 aromatic carbocycles. The van der Waals surface area contributed by atoms with Gasteiger partial charge in [-0.2, -0.15) is 5.10 Å². The second-order valence-corrected chi connectivity index (χ2v) is 5.77. The van der Waals surface area contributed by atoms with Crippen molar-refractivity contribution >= 4 is 17.5 Å². The Bertz CT molecular complexity index is 828. The summed E-state index contributed by atoms with van der Waals surface area (Å²) in [6.45, 7) is 3.52. The SMILES string of the molecule is CC1CN(C(=O)c2cccc(NC(=O)c3ccc(=O)[nH]n3)c2)CCO1. The van der Waals surface area contributed by atoms with E-state index in [4.69, 9.17) is 4.74 Å². The molecule has 1 unspecified atom stereocenters. The monoisotopic (exact) mass is 342 g/mol. The summed E-state index contributed by atoms with van der Waals surface area (Å²) in [5, 5.41) is 8.55. The second-order valence-electron chi connectivity index (χ2n) is 5.77. The van der Waals surface area contributed by atoms with Crippen LogP contribution in [-0.4, -0.2) is 52.7 Å². The highest BCUT2D eigenvalue weighted by Crippen LogP contribution is 2.15. The smallest absolute Gasteiger partial charge is 0.276 e. The lowest BCUT2D eigenvalue weighted by Crippen LogP contribution is -2.44. The zero-order valence-electron chi connectivity index (χ0n) is 13.7. The summed E-state index contributed by atoms with van der Waals surface area (Å²) in [6.07, 6.45) is 0.00639. The number of aromatic amines is 1. The van der Waals surface area contributed by atoms with Gasteiger partial charge in [0, 0.05) is 30.4 Å². The lowest BCUT2D eigenvalue weighted by atomic mass is 10.1. The van der Waals surface area contributed by atoms with Crippen molar-refractivity contribution in [2.24, 2.45) is 0 Å². The minimum absolute atomic E-state index is 0.00639. The number of ether oxygens (including phenoxy) is 1. The average Bonchev–Trinajstić information content (AvgIpc) is 2.62. The highest BCUT2D eigenvalue weighted by Gasteiger charge is 2.22. The molecule has 8 nitrogen and oxygen atoms in total. The molecule has 2 N–H and O–H groups in total. The number of nitrogens with zero attached hydrogens (tertiary/aromatic N) is 2. The Morgan fingerprint density at radius 2 is 2.16 bits per heavy atom. The van der Waals surface area contributed by atoms with Gasteiger partial charge >= 0.3 is 0 Å². The van der Waals surface area contributed by atoms with Crippen LogP contribution in [0.4, 0.5) is 5.69 Å². The third kappa shape index (κ3) is 4.10. The van der Waals surface area contributed by atoms with Crippen LogP contribution in [0.3, 0.4) is 0 Å². The Morgan fingerprint density at radius 3 is 2.88 bits per heavy atom. The highest BCUT2D eigenvalue weighted by atomic mass is 16.5. The first-order valence-corrected chi connectivity index (χ1v) is 7.91. The lowest BCUT2D eigenvalue weighted by Gasteiger charge is -2.31. The molecule has 1 aliphatic rings. The van der Waals surface area contributed by atoms with Gasteiger partial charge in [0.1, 0.15) is 5.69 Å². The summed E-state index contributed by atoms with van der Waals surface area (Å²) >= 11 is 0. The fourth-order valence-corrected chi connectivity index (χ4v) is 2.58. The van der Waals surface area contributed by atoms with Crippen LogP contribution in [0.25, 0.3) is 0 Å². The summed E-state index contributed by atoms with van der Waals surface area (Å²) in [6, 6.07) is 9.26. The van der Waals surface area contributed by atoms with E-state index in [9.17, 15) is 14.4 Å². The normalized spacial score (nSPS) is 17.2. The third-order valence-corrected chi connectivity index (χ3v) is 3.81. The molecule has 25 heavy (non-hydrogen) atoms. The lowest BCUT2D eigenvalue weighted by molar-refractivity contribution is -0.0124. The molecular formula is C17H18N4O4. The van der Waals surface area contributed by atoms with Crippen molar-refractivity contribution in [1.29, 1.82) is 0 Å². The number of H-pyrrole nitrogens is 1. The number of morpholine rings is 1. The van der Waals surface area contributed by atoms with E-state index in [0.717, 1.165) is 0 Å². The Kier molecular flexibility index (Phi) is 4.90.